The first-order valence-corrected chi connectivity index (χ1v) is 23.0. The molecule has 0 fully saturated rings. The molecule has 1 N–H and O–H groups in total. The number of nitrogens with zero attached hydrogens (tertiary/aromatic N) is 1. The average molecular weight is 749 g/mol. The van der Waals surface area contributed by atoms with Gasteiger partial charge >= 0.3 is 7.82 Å². The van der Waals surface area contributed by atoms with E-state index in [1.165, 1.54) is 96.3 Å². The molecule has 0 rings (SSSR count). The normalized spacial score (nSPS) is 17.4. The standard InChI is InChI=1S/C43H90NO6P/c1-36(2)18-13-20-38(5)22-15-23-40(7)25-17-27-42(9)29-32-48-43(35-50-51(45,46)49-33-30-44(10,11)12)34-47-31-28-41(8)26-16-24-39(6)21-14-19-37(3)4/h36-43H,13-35H2,1-12H3/p+1/t38-,39?,40-,41?,42?,43?/m1/s1. The molecule has 308 valence electrons. The van der Waals surface area contributed by atoms with Gasteiger partial charge in [0.25, 0.3) is 0 Å². The fourth-order valence-corrected chi connectivity index (χ4v) is 7.38. The Hall–Kier alpha value is -0.0100. The van der Waals surface area contributed by atoms with Crippen molar-refractivity contribution in [3.63, 3.8) is 0 Å². The van der Waals surface area contributed by atoms with Gasteiger partial charge in [-0.3, -0.25) is 9.05 Å². The molecule has 0 saturated heterocycles. The van der Waals surface area contributed by atoms with Crippen LogP contribution in [0.15, 0.2) is 0 Å². The molecule has 0 saturated carbocycles. The lowest BCUT2D eigenvalue weighted by Gasteiger charge is -2.24. The second-order valence-corrected chi connectivity index (χ2v) is 20.2. The SMILES string of the molecule is CC(C)CCCC(C)CCCC(C)CCOCC(COP(=O)(O)OCC[N+](C)(C)C)OCCC(C)CCC[C@H](C)CCC[C@H](C)CCCC(C)C. The molecule has 7 atom stereocenters. The van der Waals surface area contributed by atoms with Crippen LogP contribution in [-0.4, -0.2) is 76.2 Å². The quantitative estimate of drug-likeness (QED) is 0.0391. The predicted octanol–water partition coefficient (Wildman–Crippen LogP) is 12.4. The van der Waals surface area contributed by atoms with E-state index in [9.17, 15) is 9.46 Å². The first-order valence-electron chi connectivity index (χ1n) is 21.5. The zero-order valence-electron chi connectivity index (χ0n) is 36.3. The third-order valence-corrected chi connectivity index (χ3v) is 11.6. The van der Waals surface area contributed by atoms with Crippen LogP contribution in [0.25, 0.3) is 0 Å². The van der Waals surface area contributed by atoms with E-state index in [2.05, 4.69) is 62.3 Å². The molecule has 51 heavy (non-hydrogen) atoms. The fourth-order valence-electron chi connectivity index (χ4n) is 6.64. The van der Waals surface area contributed by atoms with Crippen LogP contribution in [0.1, 0.15) is 171 Å². The molecule has 0 aliphatic heterocycles. The van der Waals surface area contributed by atoms with Crippen LogP contribution in [-0.2, 0) is 23.1 Å². The maximum Gasteiger partial charge on any atom is 0.472 e. The van der Waals surface area contributed by atoms with E-state index in [0.29, 0.717) is 42.7 Å². The molecule has 7 nitrogen and oxygen atoms in total. The van der Waals surface area contributed by atoms with Gasteiger partial charge in [-0.25, -0.2) is 4.57 Å². The molecule has 0 radical (unpaired) electrons. The molecular weight excluding hydrogens is 657 g/mol. The highest BCUT2D eigenvalue weighted by Gasteiger charge is 2.25. The van der Waals surface area contributed by atoms with E-state index in [0.717, 1.165) is 42.4 Å². The van der Waals surface area contributed by atoms with Gasteiger partial charge in [-0.1, -0.05) is 159 Å². The number of rotatable bonds is 36. The highest BCUT2D eigenvalue weighted by molar-refractivity contribution is 7.47. The van der Waals surface area contributed by atoms with Crippen molar-refractivity contribution in [1.29, 1.82) is 0 Å². The summed E-state index contributed by atoms with van der Waals surface area (Å²) in [5.41, 5.74) is 0. The van der Waals surface area contributed by atoms with Gasteiger partial charge in [-0.15, -0.1) is 0 Å². The topological polar surface area (TPSA) is 74.2 Å². The lowest BCUT2D eigenvalue weighted by molar-refractivity contribution is -0.870. The van der Waals surface area contributed by atoms with Gasteiger partial charge in [0.15, 0.2) is 0 Å². The predicted molar refractivity (Wildman–Crippen MR) is 219 cm³/mol. The van der Waals surface area contributed by atoms with E-state index >= 15 is 0 Å². The average Bonchev–Trinajstić information content (AvgIpc) is 3.00. The Morgan fingerprint density at radius 1 is 0.490 bits per heavy atom. The zero-order chi connectivity index (χ0) is 38.7. The Kier molecular flexibility index (Phi) is 30.2. The van der Waals surface area contributed by atoms with Gasteiger partial charge in [-0.05, 0) is 54.3 Å². The highest BCUT2D eigenvalue weighted by Crippen LogP contribution is 2.43. The first-order chi connectivity index (χ1) is 23.9. The zero-order valence-corrected chi connectivity index (χ0v) is 37.2. The molecule has 0 aliphatic carbocycles. The summed E-state index contributed by atoms with van der Waals surface area (Å²) in [6.45, 7) is 23.5. The molecular formula is C43H91NO6P+. The summed E-state index contributed by atoms with van der Waals surface area (Å²) in [4.78, 5) is 10.3. The highest BCUT2D eigenvalue weighted by atomic mass is 31.2. The van der Waals surface area contributed by atoms with Gasteiger partial charge in [0.1, 0.15) is 19.3 Å². The summed E-state index contributed by atoms with van der Waals surface area (Å²) < 4.78 is 36.2. The molecule has 0 aromatic heterocycles. The molecule has 0 spiro atoms. The number of likely N-dealkylation sites (N-methyl/N-ethyl adjacent to an activating group) is 1. The molecule has 0 aliphatic rings. The minimum atomic E-state index is -4.16. The minimum absolute atomic E-state index is 0.0232. The molecule has 0 heterocycles. The number of phosphoric acid groups is 1. The molecule has 0 bridgehead atoms. The van der Waals surface area contributed by atoms with Crippen molar-refractivity contribution in [2.24, 2.45) is 41.4 Å². The largest absolute Gasteiger partial charge is 0.472 e. The summed E-state index contributed by atoms with van der Waals surface area (Å²) in [5.74, 6) is 5.27. The van der Waals surface area contributed by atoms with Gasteiger partial charge in [0, 0.05) is 13.2 Å². The van der Waals surface area contributed by atoms with Crippen LogP contribution in [0.2, 0.25) is 0 Å². The summed E-state index contributed by atoms with van der Waals surface area (Å²) in [5, 5.41) is 0. The van der Waals surface area contributed by atoms with Gasteiger partial charge < -0.3 is 18.9 Å². The number of ether oxygens (including phenoxy) is 2. The summed E-state index contributed by atoms with van der Waals surface area (Å²) in [7, 11) is 1.89. The Morgan fingerprint density at radius 2 is 0.863 bits per heavy atom. The lowest BCUT2D eigenvalue weighted by Crippen LogP contribution is -2.37. The number of hydrogen-bond acceptors (Lipinski definition) is 5. The second-order valence-electron chi connectivity index (χ2n) is 18.7. The maximum absolute atomic E-state index is 12.6. The smallest absolute Gasteiger partial charge is 0.379 e. The number of hydrogen-bond donors (Lipinski definition) is 1. The van der Waals surface area contributed by atoms with E-state index in [1.54, 1.807) is 0 Å². The van der Waals surface area contributed by atoms with Crippen LogP contribution in [0.4, 0.5) is 0 Å². The molecule has 5 unspecified atom stereocenters. The molecule has 0 amide bonds. The van der Waals surface area contributed by atoms with Crippen molar-refractivity contribution in [3.8, 4) is 0 Å². The van der Waals surface area contributed by atoms with Crippen LogP contribution in [0.3, 0.4) is 0 Å². The third kappa shape index (κ3) is 35.4. The Bertz CT molecular complexity index is 834. The molecule has 0 aromatic carbocycles. The van der Waals surface area contributed by atoms with Crippen molar-refractivity contribution in [2.75, 3.05) is 60.7 Å². The van der Waals surface area contributed by atoms with Gasteiger partial charge in [0.2, 0.25) is 0 Å². The summed E-state index contributed by atoms with van der Waals surface area (Å²) in [6, 6.07) is 0. The Balaban J connectivity index is 4.55. The van der Waals surface area contributed by atoms with Gasteiger partial charge in [0.05, 0.1) is 34.4 Å². The van der Waals surface area contributed by atoms with E-state index < -0.39 is 13.9 Å². The lowest BCUT2D eigenvalue weighted by atomic mass is 9.91. The van der Waals surface area contributed by atoms with Gasteiger partial charge in [-0.2, -0.15) is 0 Å². The van der Waals surface area contributed by atoms with Crippen molar-refractivity contribution in [1.82, 2.24) is 0 Å². The summed E-state index contributed by atoms with van der Waals surface area (Å²) in [6.07, 6.45) is 21.4. The second kappa shape index (κ2) is 30.2. The van der Waals surface area contributed by atoms with Crippen LogP contribution in [0.5, 0.6) is 0 Å². The maximum atomic E-state index is 12.6. The first kappa shape index (κ1) is 51.0. The third-order valence-electron chi connectivity index (χ3n) is 10.6. The molecule has 0 aromatic rings. The van der Waals surface area contributed by atoms with Crippen molar-refractivity contribution < 1.29 is 32.5 Å². The van der Waals surface area contributed by atoms with Crippen LogP contribution >= 0.6 is 7.82 Å². The minimum Gasteiger partial charge on any atom is -0.379 e. The van der Waals surface area contributed by atoms with Crippen molar-refractivity contribution in [2.45, 2.75) is 178 Å². The Labute approximate surface area is 319 Å². The number of phosphoric ester groups is 1. The monoisotopic (exact) mass is 749 g/mol. The van der Waals surface area contributed by atoms with E-state index in [4.69, 9.17) is 18.5 Å². The van der Waals surface area contributed by atoms with Crippen molar-refractivity contribution in [3.05, 3.63) is 0 Å². The molecule has 8 heteroatoms. The van der Waals surface area contributed by atoms with Crippen LogP contribution < -0.4 is 0 Å². The summed E-state index contributed by atoms with van der Waals surface area (Å²) >= 11 is 0. The van der Waals surface area contributed by atoms with E-state index in [-0.39, 0.29) is 13.2 Å². The van der Waals surface area contributed by atoms with E-state index in [1.807, 2.05) is 21.1 Å². The van der Waals surface area contributed by atoms with Crippen molar-refractivity contribution >= 4 is 7.82 Å². The number of quaternary nitrogens is 1. The fraction of sp³-hybridized carbons (Fsp3) is 1.00. The Morgan fingerprint density at radius 3 is 1.25 bits per heavy atom. The van der Waals surface area contributed by atoms with Crippen LogP contribution in [0, 0.1) is 41.4 Å².